The Hall–Kier alpha value is -0.970. The average Bonchev–Trinajstić information content (AvgIpc) is 3.07. The topological polar surface area (TPSA) is 30.9 Å². The van der Waals surface area contributed by atoms with Crippen molar-refractivity contribution < 1.29 is 13.8 Å². The van der Waals surface area contributed by atoms with Gasteiger partial charge in [0.2, 0.25) is 6.49 Å². The van der Waals surface area contributed by atoms with Gasteiger partial charge in [-0.25, -0.2) is 0 Å². The number of allylic oxidation sites excluding steroid dienone is 2. The van der Waals surface area contributed by atoms with Crippen molar-refractivity contribution in [3.63, 3.8) is 0 Å². The standard InChI is InChI=1S/C18H24NO3PS/c1-20-23(24,21-2)17-9-8-16(14-15-6-4-3-5-7-15)18(17)19-10-12-22-13-11-19/h3-7,14H,8-13H2,1-2H3/b16-14+. The van der Waals surface area contributed by atoms with Crippen molar-refractivity contribution in [2.24, 2.45) is 0 Å². The van der Waals surface area contributed by atoms with Crippen LogP contribution in [-0.4, -0.2) is 45.4 Å². The molecule has 2 aliphatic rings. The van der Waals surface area contributed by atoms with Gasteiger partial charge >= 0.3 is 0 Å². The third kappa shape index (κ3) is 3.66. The van der Waals surface area contributed by atoms with Crippen molar-refractivity contribution in [3.8, 4) is 0 Å². The van der Waals surface area contributed by atoms with Crippen LogP contribution in [0.3, 0.4) is 0 Å². The maximum Gasteiger partial charge on any atom is 0.217 e. The zero-order valence-corrected chi connectivity index (χ0v) is 15.9. The molecule has 1 heterocycles. The fourth-order valence-corrected chi connectivity index (χ4v) is 5.35. The summed E-state index contributed by atoms with van der Waals surface area (Å²) in [5, 5.41) is 1.16. The van der Waals surface area contributed by atoms with Gasteiger partial charge in [-0.05, 0) is 41.9 Å². The minimum absolute atomic E-state index is 0.748. The van der Waals surface area contributed by atoms with Crippen molar-refractivity contribution in [3.05, 3.63) is 52.5 Å². The monoisotopic (exact) mass is 365 g/mol. The summed E-state index contributed by atoms with van der Waals surface area (Å²) in [5.74, 6) is 0. The lowest BCUT2D eigenvalue weighted by molar-refractivity contribution is 0.0548. The number of hydrogen-bond acceptors (Lipinski definition) is 5. The number of rotatable bonds is 5. The number of benzene rings is 1. The molecule has 0 unspecified atom stereocenters. The molecule has 1 saturated heterocycles. The van der Waals surface area contributed by atoms with Gasteiger partial charge in [-0.3, -0.25) is 0 Å². The number of hydrogen-bond donors (Lipinski definition) is 0. The first-order valence-electron chi connectivity index (χ1n) is 8.22. The Morgan fingerprint density at radius 2 is 1.75 bits per heavy atom. The summed E-state index contributed by atoms with van der Waals surface area (Å²) in [4.78, 5) is 2.39. The molecule has 24 heavy (non-hydrogen) atoms. The van der Waals surface area contributed by atoms with Crippen molar-refractivity contribution >= 4 is 24.4 Å². The SMILES string of the molecule is COP(=S)(OC)C1=C(N2CCOCC2)/C(=C/c2ccccc2)CC1. The number of morpholine rings is 1. The quantitative estimate of drug-likeness (QED) is 0.736. The summed E-state index contributed by atoms with van der Waals surface area (Å²) >= 11 is 5.75. The predicted octanol–water partition coefficient (Wildman–Crippen LogP) is 4.01. The van der Waals surface area contributed by atoms with E-state index in [2.05, 4.69) is 35.2 Å². The van der Waals surface area contributed by atoms with Gasteiger partial charge in [0.25, 0.3) is 0 Å². The van der Waals surface area contributed by atoms with E-state index in [1.165, 1.54) is 16.8 Å². The zero-order valence-electron chi connectivity index (χ0n) is 14.2. The minimum atomic E-state index is -2.40. The van der Waals surface area contributed by atoms with Crippen LogP contribution >= 0.6 is 6.49 Å². The second kappa shape index (κ2) is 7.94. The lowest BCUT2D eigenvalue weighted by atomic mass is 10.1. The van der Waals surface area contributed by atoms with E-state index in [0.29, 0.717) is 0 Å². The smallest absolute Gasteiger partial charge is 0.217 e. The van der Waals surface area contributed by atoms with Crippen LogP contribution in [-0.2, 0) is 25.6 Å². The van der Waals surface area contributed by atoms with Gasteiger partial charge < -0.3 is 18.7 Å². The highest BCUT2D eigenvalue weighted by Gasteiger charge is 2.34. The number of ether oxygens (including phenoxy) is 1. The normalized spacial score (nSPS) is 20.9. The van der Waals surface area contributed by atoms with E-state index in [9.17, 15) is 0 Å². The van der Waals surface area contributed by atoms with Crippen LogP contribution in [0.5, 0.6) is 0 Å². The highest BCUT2D eigenvalue weighted by atomic mass is 32.5. The first kappa shape index (κ1) is 17.8. The molecule has 1 aliphatic heterocycles. The van der Waals surface area contributed by atoms with Crippen molar-refractivity contribution in [2.45, 2.75) is 12.8 Å². The van der Waals surface area contributed by atoms with E-state index in [4.69, 9.17) is 25.6 Å². The Kier molecular flexibility index (Phi) is 5.90. The molecule has 0 N–H and O–H groups in total. The second-order valence-corrected chi connectivity index (χ2v) is 9.54. The molecule has 0 aromatic heterocycles. The maximum absolute atomic E-state index is 5.75. The molecule has 0 amide bonds. The van der Waals surface area contributed by atoms with Gasteiger partial charge in [-0.15, -0.1) is 0 Å². The summed E-state index contributed by atoms with van der Waals surface area (Å²) in [7, 11) is 3.32. The molecule has 130 valence electrons. The Morgan fingerprint density at radius 1 is 1.08 bits per heavy atom. The Labute approximate surface area is 149 Å². The van der Waals surface area contributed by atoms with Crippen LogP contribution < -0.4 is 0 Å². The molecular weight excluding hydrogens is 341 g/mol. The molecule has 0 radical (unpaired) electrons. The second-order valence-electron chi connectivity index (χ2n) is 5.84. The first-order valence-corrected chi connectivity index (χ1v) is 10.9. The van der Waals surface area contributed by atoms with Gasteiger partial charge in [-0.1, -0.05) is 30.3 Å². The average molecular weight is 365 g/mol. The maximum atomic E-state index is 5.75. The highest BCUT2D eigenvalue weighted by Crippen LogP contribution is 2.61. The van der Waals surface area contributed by atoms with Gasteiger partial charge in [0.05, 0.1) is 13.2 Å². The van der Waals surface area contributed by atoms with E-state index in [-0.39, 0.29) is 0 Å². The molecule has 3 rings (SSSR count). The molecule has 1 aromatic carbocycles. The molecular formula is C18H24NO3PS. The van der Waals surface area contributed by atoms with Crippen LogP contribution in [0.1, 0.15) is 18.4 Å². The van der Waals surface area contributed by atoms with Gasteiger partial charge in [-0.2, -0.15) is 0 Å². The molecule has 0 saturated carbocycles. The van der Waals surface area contributed by atoms with Crippen molar-refractivity contribution in [2.75, 3.05) is 40.5 Å². The van der Waals surface area contributed by atoms with Crippen LogP contribution in [0.2, 0.25) is 0 Å². The Balaban J connectivity index is 2.05. The molecule has 1 aromatic rings. The van der Waals surface area contributed by atoms with Crippen LogP contribution in [0, 0.1) is 0 Å². The third-order valence-electron chi connectivity index (χ3n) is 4.49. The van der Waals surface area contributed by atoms with E-state index in [1.54, 1.807) is 14.2 Å². The minimum Gasteiger partial charge on any atom is -0.378 e. The van der Waals surface area contributed by atoms with Crippen LogP contribution in [0.15, 0.2) is 46.9 Å². The van der Waals surface area contributed by atoms with E-state index < -0.39 is 6.49 Å². The van der Waals surface area contributed by atoms with E-state index in [0.717, 1.165) is 44.5 Å². The largest absolute Gasteiger partial charge is 0.378 e. The molecule has 1 fully saturated rings. The zero-order chi connectivity index (χ0) is 17.0. The molecule has 0 bridgehead atoms. The summed E-state index contributed by atoms with van der Waals surface area (Å²) in [5.41, 5.74) is 3.76. The summed E-state index contributed by atoms with van der Waals surface area (Å²) in [6, 6.07) is 10.4. The lowest BCUT2D eigenvalue weighted by Gasteiger charge is -2.33. The van der Waals surface area contributed by atoms with Crippen molar-refractivity contribution in [1.29, 1.82) is 0 Å². The van der Waals surface area contributed by atoms with Crippen molar-refractivity contribution in [1.82, 2.24) is 4.90 Å². The van der Waals surface area contributed by atoms with Gasteiger partial charge in [0.15, 0.2) is 0 Å². The fraction of sp³-hybridized carbons (Fsp3) is 0.444. The Morgan fingerprint density at radius 3 is 2.38 bits per heavy atom. The molecule has 1 aliphatic carbocycles. The molecule has 0 spiro atoms. The van der Waals surface area contributed by atoms with E-state index in [1.807, 2.05) is 6.07 Å². The van der Waals surface area contributed by atoms with Gasteiger partial charge in [0, 0.05) is 38.3 Å². The fourth-order valence-electron chi connectivity index (χ4n) is 3.30. The van der Waals surface area contributed by atoms with Gasteiger partial charge in [0.1, 0.15) is 0 Å². The number of nitrogens with zero attached hydrogens (tertiary/aromatic N) is 1. The lowest BCUT2D eigenvalue weighted by Crippen LogP contribution is -2.36. The molecule has 4 nitrogen and oxygen atoms in total. The third-order valence-corrected chi connectivity index (χ3v) is 8.10. The molecule has 0 atom stereocenters. The van der Waals surface area contributed by atoms with Crippen LogP contribution in [0.4, 0.5) is 0 Å². The highest BCUT2D eigenvalue weighted by molar-refractivity contribution is 8.11. The predicted molar refractivity (Wildman–Crippen MR) is 101 cm³/mol. The molecule has 6 heteroatoms. The first-order chi connectivity index (χ1) is 11.7. The van der Waals surface area contributed by atoms with E-state index >= 15 is 0 Å². The Bertz CT molecular complexity index is 673. The summed E-state index contributed by atoms with van der Waals surface area (Å²) in [6.45, 7) is 0.858. The summed E-state index contributed by atoms with van der Waals surface area (Å²) < 4.78 is 16.8. The summed E-state index contributed by atoms with van der Waals surface area (Å²) in [6.07, 6.45) is 4.15. The van der Waals surface area contributed by atoms with Crippen LogP contribution in [0.25, 0.3) is 6.08 Å².